The van der Waals surface area contributed by atoms with Crippen LogP contribution in [0, 0.1) is 6.92 Å². The fourth-order valence-corrected chi connectivity index (χ4v) is 3.44. The van der Waals surface area contributed by atoms with Crippen LogP contribution in [0.5, 0.6) is 0 Å². The van der Waals surface area contributed by atoms with E-state index >= 15 is 0 Å². The first kappa shape index (κ1) is 18.3. The highest BCUT2D eigenvalue weighted by Crippen LogP contribution is 2.30. The minimum Gasteiger partial charge on any atom is -0.383 e. The molecular weight excluding hydrogens is 366 g/mol. The predicted octanol–water partition coefficient (Wildman–Crippen LogP) is 4.71. The number of amides is 1. The normalized spacial score (nSPS) is 10.5. The maximum absolute atomic E-state index is 12.2. The lowest BCUT2D eigenvalue weighted by atomic mass is 10.2. The SMILES string of the molecule is Cc1ccc(Sc2ccc(CNC(=O)c3cccnc3N)cc2)cc1Cl. The topological polar surface area (TPSA) is 68.0 Å². The number of carbonyl (C=O) groups is 1. The number of hydrogen-bond acceptors (Lipinski definition) is 4. The van der Waals surface area contributed by atoms with Crippen molar-refractivity contribution in [3.8, 4) is 0 Å². The molecule has 0 radical (unpaired) electrons. The minimum atomic E-state index is -0.233. The number of aryl methyl sites for hydroxylation is 1. The lowest BCUT2D eigenvalue weighted by molar-refractivity contribution is 0.0951. The van der Waals surface area contributed by atoms with Gasteiger partial charge in [0.05, 0.1) is 5.56 Å². The monoisotopic (exact) mass is 383 g/mol. The Morgan fingerprint density at radius 2 is 1.88 bits per heavy atom. The van der Waals surface area contributed by atoms with Crippen molar-refractivity contribution in [2.24, 2.45) is 0 Å². The molecule has 0 aliphatic rings. The molecule has 1 amide bonds. The molecule has 0 unspecified atom stereocenters. The average molecular weight is 384 g/mol. The standard InChI is InChI=1S/C20H18ClN3OS/c1-13-4-7-16(11-18(13)21)26-15-8-5-14(6-9-15)12-24-20(25)17-3-2-10-23-19(17)22/h2-11H,12H2,1H3,(H2,22,23)(H,24,25). The highest BCUT2D eigenvalue weighted by molar-refractivity contribution is 7.99. The maximum Gasteiger partial charge on any atom is 0.255 e. The second kappa shape index (κ2) is 8.25. The van der Waals surface area contributed by atoms with Crippen LogP contribution >= 0.6 is 23.4 Å². The summed E-state index contributed by atoms with van der Waals surface area (Å²) in [4.78, 5) is 18.3. The Morgan fingerprint density at radius 3 is 2.58 bits per heavy atom. The maximum atomic E-state index is 12.2. The number of aromatic nitrogens is 1. The Bertz CT molecular complexity index is 929. The van der Waals surface area contributed by atoms with E-state index in [0.29, 0.717) is 12.1 Å². The number of hydrogen-bond donors (Lipinski definition) is 2. The molecule has 132 valence electrons. The first-order chi connectivity index (χ1) is 12.5. The molecule has 0 aliphatic carbocycles. The van der Waals surface area contributed by atoms with E-state index in [4.69, 9.17) is 17.3 Å². The molecule has 0 spiro atoms. The molecule has 0 saturated carbocycles. The number of carbonyl (C=O) groups excluding carboxylic acids is 1. The molecule has 3 N–H and O–H groups in total. The molecule has 4 nitrogen and oxygen atoms in total. The van der Waals surface area contributed by atoms with Crippen molar-refractivity contribution in [2.75, 3.05) is 5.73 Å². The Hall–Kier alpha value is -2.50. The number of nitrogens with zero attached hydrogens (tertiary/aromatic N) is 1. The number of nitrogens with two attached hydrogens (primary N) is 1. The van der Waals surface area contributed by atoms with Crippen LogP contribution in [0.25, 0.3) is 0 Å². The molecule has 3 aromatic rings. The van der Waals surface area contributed by atoms with Gasteiger partial charge in [0.15, 0.2) is 0 Å². The fraction of sp³-hybridized carbons (Fsp3) is 0.100. The number of benzene rings is 2. The van der Waals surface area contributed by atoms with E-state index in [0.717, 1.165) is 25.9 Å². The van der Waals surface area contributed by atoms with Crippen LogP contribution in [-0.4, -0.2) is 10.9 Å². The van der Waals surface area contributed by atoms with Gasteiger partial charge >= 0.3 is 0 Å². The Labute approximate surface area is 161 Å². The number of rotatable bonds is 5. The predicted molar refractivity (Wildman–Crippen MR) is 107 cm³/mol. The second-order valence-electron chi connectivity index (χ2n) is 5.78. The zero-order valence-corrected chi connectivity index (χ0v) is 15.8. The summed E-state index contributed by atoms with van der Waals surface area (Å²) in [6.07, 6.45) is 1.56. The van der Waals surface area contributed by atoms with Gasteiger partial charge in [0.25, 0.3) is 5.91 Å². The first-order valence-electron chi connectivity index (χ1n) is 8.04. The van der Waals surface area contributed by atoms with Gasteiger partial charge in [0.1, 0.15) is 5.82 Å². The molecule has 0 aliphatic heterocycles. The van der Waals surface area contributed by atoms with Crippen molar-refractivity contribution in [1.82, 2.24) is 10.3 Å². The molecule has 1 heterocycles. The van der Waals surface area contributed by atoms with Crippen molar-refractivity contribution < 1.29 is 4.79 Å². The van der Waals surface area contributed by atoms with Crippen molar-refractivity contribution in [3.05, 3.63) is 82.5 Å². The van der Waals surface area contributed by atoms with Gasteiger partial charge in [-0.2, -0.15) is 0 Å². The number of nitrogens with one attached hydrogen (secondary N) is 1. The van der Waals surface area contributed by atoms with Crippen LogP contribution in [0.1, 0.15) is 21.5 Å². The molecule has 0 atom stereocenters. The third kappa shape index (κ3) is 4.56. The summed E-state index contributed by atoms with van der Waals surface area (Å²) in [5.41, 5.74) is 8.18. The van der Waals surface area contributed by atoms with Gasteiger partial charge in [-0.1, -0.05) is 41.6 Å². The van der Waals surface area contributed by atoms with Gasteiger partial charge in [-0.25, -0.2) is 4.98 Å². The molecule has 3 rings (SSSR count). The van der Waals surface area contributed by atoms with Gasteiger partial charge in [-0.05, 0) is 54.4 Å². The van der Waals surface area contributed by atoms with Crippen LogP contribution in [0.4, 0.5) is 5.82 Å². The van der Waals surface area contributed by atoms with E-state index in [2.05, 4.69) is 16.4 Å². The van der Waals surface area contributed by atoms with Crippen LogP contribution in [0.3, 0.4) is 0 Å². The van der Waals surface area contributed by atoms with Gasteiger partial charge in [-0.3, -0.25) is 4.79 Å². The van der Waals surface area contributed by atoms with Crippen LogP contribution < -0.4 is 11.1 Å². The van der Waals surface area contributed by atoms with Gasteiger partial charge in [0.2, 0.25) is 0 Å². The van der Waals surface area contributed by atoms with Crippen LogP contribution in [0.2, 0.25) is 5.02 Å². The van der Waals surface area contributed by atoms with Crippen molar-refractivity contribution in [1.29, 1.82) is 0 Å². The molecule has 0 fully saturated rings. The van der Waals surface area contributed by atoms with E-state index in [-0.39, 0.29) is 11.7 Å². The summed E-state index contributed by atoms with van der Waals surface area (Å²) in [6.45, 7) is 2.41. The highest BCUT2D eigenvalue weighted by Gasteiger charge is 2.09. The zero-order chi connectivity index (χ0) is 18.5. The van der Waals surface area contributed by atoms with E-state index in [1.807, 2.05) is 43.3 Å². The van der Waals surface area contributed by atoms with Crippen LogP contribution in [-0.2, 0) is 6.54 Å². The number of halogens is 1. The summed E-state index contributed by atoms with van der Waals surface area (Å²) < 4.78 is 0. The largest absolute Gasteiger partial charge is 0.383 e. The quantitative estimate of drug-likeness (QED) is 0.669. The molecule has 1 aromatic heterocycles. The van der Waals surface area contributed by atoms with E-state index < -0.39 is 0 Å². The summed E-state index contributed by atoms with van der Waals surface area (Å²) in [7, 11) is 0. The molecule has 0 saturated heterocycles. The first-order valence-corrected chi connectivity index (χ1v) is 9.24. The molecule has 6 heteroatoms. The van der Waals surface area contributed by atoms with E-state index in [9.17, 15) is 4.79 Å². The third-order valence-corrected chi connectivity index (χ3v) is 5.24. The van der Waals surface area contributed by atoms with Crippen molar-refractivity contribution in [2.45, 2.75) is 23.3 Å². The number of anilines is 1. The molecule has 26 heavy (non-hydrogen) atoms. The summed E-state index contributed by atoms with van der Waals surface area (Å²) in [5.74, 6) is -0.00291. The van der Waals surface area contributed by atoms with E-state index in [1.54, 1.807) is 30.1 Å². The van der Waals surface area contributed by atoms with Crippen molar-refractivity contribution in [3.63, 3.8) is 0 Å². The summed E-state index contributed by atoms with van der Waals surface area (Å²) in [6, 6.07) is 17.4. The smallest absolute Gasteiger partial charge is 0.255 e. The number of pyridine rings is 1. The van der Waals surface area contributed by atoms with Crippen LogP contribution in [0.15, 0.2) is 70.6 Å². The van der Waals surface area contributed by atoms with Gasteiger partial charge < -0.3 is 11.1 Å². The number of nitrogen functional groups attached to an aromatic ring is 1. The minimum absolute atomic E-state index is 0.230. The second-order valence-corrected chi connectivity index (χ2v) is 7.33. The van der Waals surface area contributed by atoms with E-state index in [1.165, 1.54) is 0 Å². The lowest BCUT2D eigenvalue weighted by Gasteiger charge is -2.08. The lowest BCUT2D eigenvalue weighted by Crippen LogP contribution is -2.24. The average Bonchev–Trinajstić information content (AvgIpc) is 2.64. The Kier molecular flexibility index (Phi) is 5.81. The fourth-order valence-electron chi connectivity index (χ4n) is 2.34. The Balaban J connectivity index is 1.60. The summed E-state index contributed by atoms with van der Waals surface area (Å²) in [5, 5.41) is 3.62. The summed E-state index contributed by atoms with van der Waals surface area (Å²) >= 11 is 7.82. The Morgan fingerprint density at radius 1 is 1.15 bits per heavy atom. The van der Waals surface area contributed by atoms with Gasteiger partial charge in [-0.15, -0.1) is 0 Å². The van der Waals surface area contributed by atoms with Gasteiger partial charge in [0, 0.05) is 27.6 Å². The molecule has 2 aromatic carbocycles. The zero-order valence-electron chi connectivity index (χ0n) is 14.2. The third-order valence-electron chi connectivity index (χ3n) is 3.84. The molecular formula is C20H18ClN3OS. The molecule has 0 bridgehead atoms. The highest BCUT2D eigenvalue weighted by atomic mass is 35.5. The van der Waals surface area contributed by atoms with Crippen molar-refractivity contribution >= 4 is 35.1 Å².